The van der Waals surface area contributed by atoms with Gasteiger partial charge in [0.15, 0.2) is 0 Å². The zero-order chi connectivity index (χ0) is 25.4. The van der Waals surface area contributed by atoms with E-state index in [9.17, 15) is 4.79 Å². The van der Waals surface area contributed by atoms with E-state index in [-0.39, 0.29) is 11.8 Å². The maximum Gasteiger partial charge on any atom is 0.228 e. The van der Waals surface area contributed by atoms with Gasteiger partial charge in [0.1, 0.15) is 17.3 Å². The lowest BCUT2D eigenvalue weighted by atomic mass is 9.85. The van der Waals surface area contributed by atoms with Crippen LogP contribution in [-0.4, -0.2) is 70.9 Å². The van der Waals surface area contributed by atoms with Crippen molar-refractivity contribution in [3.8, 4) is 11.8 Å². The summed E-state index contributed by atoms with van der Waals surface area (Å²) in [5.41, 5.74) is 2.73. The number of piperidine rings is 2. The number of hydrogen-bond acceptors (Lipinski definition) is 7. The number of likely N-dealkylation sites (tertiary alicyclic amines) is 2. The van der Waals surface area contributed by atoms with Gasteiger partial charge in [0.05, 0.1) is 5.56 Å². The zero-order valence-electron chi connectivity index (χ0n) is 21.5. The number of hydrogen-bond donors (Lipinski definition) is 2. The number of carbonyl (C=O) groups is 1. The van der Waals surface area contributed by atoms with E-state index in [1.807, 2.05) is 25.4 Å². The average molecular weight is 496 g/mol. The van der Waals surface area contributed by atoms with E-state index in [1.165, 1.54) is 38.2 Å². The summed E-state index contributed by atoms with van der Waals surface area (Å²) in [7, 11) is 4.07. The third kappa shape index (κ3) is 5.43. The molecular formula is C29H33N7O. The highest BCUT2D eigenvalue weighted by Crippen LogP contribution is 2.31. The van der Waals surface area contributed by atoms with E-state index in [0.29, 0.717) is 5.82 Å². The molecule has 3 aromatic rings. The van der Waals surface area contributed by atoms with Crippen LogP contribution in [0.2, 0.25) is 0 Å². The Morgan fingerprint density at radius 3 is 2.51 bits per heavy atom. The lowest BCUT2D eigenvalue weighted by Gasteiger charge is -2.44. The molecule has 3 fully saturated rings. The van der Waals surface area contributed by atoms with Crippen molar-refractivity contribution in [2.24, 2.45) is 17.8 Å². The molecule has 190 valence electrons. The molecule has 2 bridgehead atoms. The summed E-state index contributed by atoms with van der Waals surface area (Å²) in [6.45, 7) is 5.71. The number of nitrogens with one attached hydrogen (secondary N) is 2. The van der Waals surface area contributed by atoms with Gasteiger partial charge >= 0.3 is 0 Å². The number of carbonyl (C=O) groups excluding carboxylic acids is 1. The Morgan fingerprint density at radius 1 is 1.00 bits per heavy atom. The molecule has 0 aromatic carbocycles. The summed E-state index contributed by atoms with van der Waals surface area (Å²) < 4.78 is 0. The summed E-state index contributed by atoms with van der Waals surface area (Å²) in [5.74, 6) is 9.43. The number of fused-ring (bicyclic) bond motifs is 3. The minimum Gasteiger partial charge on any atom is -0.373 e. The fraction of sp³-hybridized carbons (Fsp3) is 0.448. The fourth-order valence-electron chi connectivity index (χ4n) is 5.83. The Labute approximate surface area is 217 Å². The highest BCUT2D eigenvalue weighted by Gasteiger charge is 2.32. The summed E-state index contributed by atoms with van der Waals surface area (Å²) >= 11 is 0. The molecule has 2 saturated heterocycles. The smallest absolute Gasteiger partial charge is 0.228 e. The first kappa shape index (κ1) is 23.8. The van der Waals surface area contributed by atoms with Crippen LogP contribution in [0.4, 0.5) is 11.6 Å². The van der Waals surface area contributed by atoms with Gasteiger partial charge in [-0.3, -0.25) is 9.69 Å². The van der Waals surface area contributed by atoms with Crippen molar-refractivity contribution in [1.82, 2.24) is 24.8 Å². The van der Waals surface area contributed by atoms with Gasteiger partial charge in [-0.1, -0.05) is 12.0 Å². The molecule has 3 aromatic heterocycles. The summed E-state index contributed by atoms with van der Waals surface area (Å²) in [6.07, 6.45) is 8.72. The molecule has 6 rings (SSSR count). The molecule has 5 heterocycles. The lowest BCUT2D eigenvalue weighted by Crippen LogP contribution is -2.51. The summed E-state index contributed by atoms with van der Waals surface area (Å²) in [6, 6.07) is 6.02. The van der Waals surface area contributed by atoms with E-state index < -0.39 is 0 Å². The molecule has 2 unspecified atom stereocenters. The standard InChI is InChI=1S/C29H33N7O/c1-30-28-26-13-32-27(34-29(37)22-4-5-22)10-25(26)23(12-33-28)6-8-24-7-3-19(11-31-24)16-36-17-20-9-21(18-36)15-35(2)14-20/h3,7,10-13,20-22H,4-5,9,14-18H2,1-2H3,(H,30,33)(H,32,34,37). The monoisotopic (exact) mass is 495 g/mol. The van der Waals surface area contributed by atoms with Crippen LogP contribution in [-0.2, 0) is 11.3 Å². The molecule has 2 aliphatic heterocycles. The third-order valence-corrected chi connectivity index (χ3v) is 7.60. The van der Waals surface area contributed by atoms with E-state index in [2.05, 4.69) is 60.3 Å². The van der Waals surface area contributed by atoms with E-state index >= 15 is 0 Å². The SMILES string of the molecule is CNc1ncc(C#Cc2ccc(CN3CC4CC(CN(C)C4)C3)cn2)c2cc(NC(=O)C3CC3)ncc12. The van der Waals surface area contributed by atoms with Crippen LogP contribution in [0.5, 0.6) is 0 Å². The molecule has 2 N–H and O–H groups in total. The zero-order valence-corrected chi connectivity index (χ0v) is 21.5. The first-order valence-electron chi connectivity index (χ1n) is 13.2. The minimum atomic E-state index is 0.0340. The number of amides is 1. The Balaban J connectivity index is 1.18. The highest BCUT2D eigenvalue weighted by molar-refractivity contribution is 5.99. The average Bonchev–Trinajstić information content (AvgIpc) is 3.73. The van der Waals surface area contributed by atoms with Crippen molar-refractivity contribution in [2.75, 3.05) is 50.9 Å². The van der Waals surface area contributed by atoms with Crippen molar-refractivity contribution in [1.29, 1.82) is 0 Å². The van der Waals surface area contributed by atoms with Crippen molar-refractivity contribution >= 4 is 28.3 Å². The number of pyridine rings is 3. The Morgan fingerprint density at radius 2 is 1.81 bits per heavy atom. The van der Waals surface area contributed by atoms with E-state index in [1.54, 1.807) is 12.4 Å². The summed E-state index contributed by atoms with van der Waals surface area (Å²) in [4.78, 5) is 30.9. The maximum atomic E-state index is 12.2. The van der Waals surface area contributed by atoms with Gasteiger partial charge in [-0.25, -0.2) is 15.0 Å². The number of anilines is 2. The Kier molecular flexibility index (Phi) is 6.49. The Bertz CT molecular complexity index is 1350. The van der Waals surface area contributed by atoms with Gasteiger partial charge in [0.25, 0.3) is 0 Å². The van der Waals surface area contributed by atoms with Gasteiger partial charge in [0, 0.05) is 75.1 Å². The largest absolute Gasteiger partial charge is 0.373 e. The van der Waals surface area contributed by atoms with Crippen LogP contribution >= 0.6 is 0 Å². The van der Waals surface area contributed by atoms with E-state index in [4.69, 9.17) is 0 Å². The van der Waals surface area contributed by atoms with Gasteiger partial charge in [-0.2, -0.15) is 0 Å². The quantitative estimate of drug-likeness (QED) is 0.526. The van der Waals surface area contributed by atoms with Crippen LogP contribution in [0.1, 0.15) is 36.1 Å². The molecule has 1 aliphatic carbocycles. The molecule has 8 nitrogen and oxygen atoms in total. The number of nitrogens with zero attached hydrogens (tertiary/aromatic N) is 5. The molecule has 3 aliphatic rings. The van der Waals surface area contributed by atoms with Crippen LogP contribution in [0.15, 0.2) is 36.8 Å². The second kappa shape index (κ2) is 10.1. The predicted octanol–water partition coefficient (Wildman–Crippen LogP) is 3.20. The normalized spacial score (nSPS) is 21.8. The fourth-order valence-corrected chi connectivity index (χ4v) is 5.83. The molecule has 0 spiro atoms. The van der Waals surface area contributed by atoms with Crippen LogP contribution in [0.25, 0.3) is 10.8 Å². The second-order valence-corrected chi connectivity index (χ2v) is 10.8. The maximum absolute atomic E-state index is 12.2. The van der Waals surface area contributed by atoms with Crippen LogP contribution in [0, 0.1) is 29.6 Å². The molecule has 1 saturated carbocycles. The van der Waals surface area contributed by atoms with Crippen LogP contribution < -0.4 is 10.6 Å². The molecule has 1 amide bonds. The number of aromatic nitrogens is 3. The lowest BCUT2D eigenvalue weighted by molar-refractivity contribution is -0.117. The van der Waals surface area contributed by atoms with Crippen molar-refractivity contribution in [3.63, 3.8) is 0 Å². The van der Waals surface area contributed by atoms with Gasteiger partial charge < -0.3 is 15.5 Å². The summed E-state index contributed by atoms with van der Waals surface area (Å²) in [5, 5.41) is 7.79. The highest BCUT2D eigenvalue weighted by atomic mass is 16.2. The first-order valence-corrected chi connectivity index (χ1v) is 13.2. The van der Waals surface area contributed by atoms with Gasteiger partial charge in [-0.05, 0) is 61.8 Å². The molecule has 37 heavy (non-hydrogen) atoms. The number of rotatable bonds is 5. The Hall–Kier alpha value is -3.54. The van der Waals surface area contributed by atoms with Crippen LogP contribution in [0.3, 0.4) is 0 Å². The van der Waals surface area contributed by atoms with Crippen molar-refractivity contribution in [2.45, 2.75) is 25.8 Å². The third-order valence-electron chi connectivity index (χ3n) is 7.60. The second-order valence-electron chi connectivity index (χ2n) is 10.8. The topological polar surface area (TPSA) is 86.3 Å². The first-order chi connectivity index (χ1) is 18.0. The molecular weight excluding hydrogens is 462 g/mol. The van der Waals surface area contributed by atoms with Crippen molar-refractivity contribution < 1.29 is 4.79 Å². The molecule has 2 atom stereocenters. The van der Waals surface area contributed by atoms with Gasteiger partial charge in [0.2, 0.25) is 5.91 Å². The minimum absolute atomic E-state index is 0.0340. The van der Waals surface area contributed by atoms with E-state index in [0.717, 1.165) is 59.1 Å². The van der Waals surface area contributed by atoms with Gasteiger partial charge in [-0.15, -0.1) is 0 Å². The molecule has 0 radical (unpaired) electrons. The predicted molar refractivity (Wildman–Crippen MR) is 145 cm³/mol. The molecule has 8 heteroatoms. The van der Waals surface area contributed by atoms with Crippen molar-refractivity contribution in [3.05, 3.63) is 53.6 Å².